The molecule has 0 radical (unpaired) electrons. The summed E-state index contributed by atoms with van der Waals surface area (Å²) in [4.78, 5) is 0. The molecule has 18 heavy (non-hydrogen) atoms. The quantitative estimate of drug-likeness (QED) is 0.555. The van der Waals surface area contributed by atoms with Crippen LogP contribution in [0.2, 0.25) is 0 Å². The SMILES string of the molecule is C/C=C/C=C=C(/C(C)=C\C1OCCO1)C(C)(C)C. The molecule has 0 aromatic heterocycles. The van der Waals surface area contributed by atoms with E-state index in [1.54, 1.807) is 0 Å². The summed E-state index contributed by atoms with van der Waals surface area (Å²) in [7, 11) is 0. The average Bonchev–Trinajstić information content (AvgIpc) is 2.75. The van der Waals surface area contributed by atoms with Crippen LogP contribution in [0.4, 0.5) is 0 Å². The van der Waals surface area contributed by atoms with Crippen molar-refractivity contribution in [3.63, 3.8) is 0 Å². The Morgan fingerprint density at radius 2 is 1.83 bits per heavy atom. The van der Waals surface area contributed by atoms with Crippen molar-refractivity contribution in [3.05, 3.63) is 41.2 Å². The Balaban J connectivity index is 2.99. The Kier molecular flexibility index (Phi) is 5.61. The topological polar surface area (TPSA) is 18.5 Å². The van der Waals surface area contributed by atoms with Crippen LogP contribution in [-0.4, -0.2) is 19.5 Å². The fourth-order valence-corrected chi connectivity index (χ4v) is 1.91. The summed E-state index contributed by atoms with van der Waals surface area (Å²) in [6.45, 7) is 12.0. The minimum atomic E-state index is -0.203. The van der Waals surface area contributed by atoms with E-state index in [0.717, 1.165) is 5.57 Å². The van der Waals surface area contributed by atoms with Gasteiger partial charge in [0, 0.05) is 5.57 Å². The van der Waals surface area contributed by atoms with Crippen LogP contribution in [0.1, 0.15) is 34.6 Å². The molecule has 0 aromatic rings. The molecule has 1 aliphatic rings. The number of rotatable bonds is 3. The highest BCUT2D eigenvalue weighted by atomic mass is 16.7. The van der Waals surface area contributed by atoms with Crippen molar-refractivity contribution in [2.24, 2.45) is 5.41 Å². The van der Waals surface area contributed by atoms with Gasteiger partial charge in [0.05, 0.1) is 13.2 Å². The molecule has 2 nitrogen and oxygen atoms in total. The number of allylic oxidation sites excluding steroid dienone is 4. The zero-order chi connectivity index (χ0) is 13.6. The predicted octanol–water partition coefficient (Wildman–Crippen LogP) is 4.01. The molecule has 0 aliphatic carbocycles. The summed E-state index contributed by atoms with van der Waals surface area (Å²) in [6.07, 6.45) is 7.76. The van der Waals surface area contributed by atoms with Gasteiger partial charge in [-0.05, 0) is 37.0 Å². The molecule has 0 bridgehead atoms. The second-order valence-electron chi connectivity index (χ2n) is 5.42. The van der Waals surface area contributed by atoms with E-state index in [2.05, 4.69) is 33.4 Å². The third-order valence-corrected chi connectivity index (χ3v) is 2.69. The fraction of sp³-hybridized carbons (Fsp3) is 0.562. The molecule has 2 heteroatoms. The van der Waals surface area contributed by atoms with Gasteiger partial charge in [0.15, 0.2) is 6.29 Å². The monoisotopic (exact) mass is 248 g/mol. The van der Waals surface area contributed by atoms with Gasteiger partial charge in [-0.1, -0.05) is 32.9 Å². The third kappa shape index (κ3) is 4.66. The largest absolute Gasteiger partial charge is 0.347 e. The van der Waals surface area contributed by atoms with E-state index in [1.165, 1.54) is 5.57 Å². The van der Waals surface area contributed by atoms with Crippen molar-refractivity contribution < 1.29 is 9.47 Å². The summed E-state index contributed by atoms with van der Waals surface area (Å²) in [5.74, 6) is 0. The summed E-state index contributed by atoms with van der Waals surface area (Å²) in [6, 6.07) is 0. The van der Waals surface area contributed by atoms with Gasteiger partial charge >= 0.3 is 0 Å². The Hall–Kier alpha value is -1.08. The molecule has 1 fully saturated rings. The number of hydrogen-bond donors (Lipinski definition) is 0. The van der Waals surface area contributed by atoms with E-state index in [4.69, 9.17) is 9.47 Å². The van der Waals surface area contributed by atoms with Crippen LogP contribution in [0, 0.1) is 5.41 Å². The highest BCUT2D eigenvalue weighted by molar-refractivity contribution is 5.34. The maximum absolute atomic E-state index is 5.45. The first-order valence-corrected chi connectivity index (χ1v) is 6.45. The van der Waals surface area contributed by atoms with Gasteiger partial charge in [-0.2, -0.15) is 0 Å². The van der Waals surface area contributed by atoms with Crippen molar-refractivity contribution in [1.29, 1.82) is 0 Å². The van der Waals surface area contributed by atoms with Crippen molar-refractivity contribution >= 4 is 0 Å². The summed E-state index contributed by atoms with van der Waals surface area (Å²) in [5.41, 5.74) is 5.76. The molecule has 0 N–H and O–H groups in total. The summed E-state index contributed by atoms with van der Waals surface area (Å²) >= 11 is 0. The first-order valence-electron chi connectivity index (χ1n) is 6.45. The van der Waals surface area contributed by atoms with Crippen molar-refractivity contribution in [2.75, 3.05) is 13.2 Å². The van der Waals surface area contributed by atoms with E-state index in [1.807, 2.05) is 31.2 Å². The molecule has 1 heterocycles. The average molecular weight is 248 g/mol. The Morgan fingerprint density at radius 3 is 2.33 bits per heavy atom. The molecule has 0 atom stereocenters. The molecule has 0 saturated carbocycles. The smallest absolute Gasteiger partial charge is 0.177 e. The molecule has 0 unspecified atom stereocenters. The zero-order valence-corrected chi connectivity index (χ0v) is 12.1. The standard InChI is InChI=1S/C16H24O2/c1-6-7-8-9-14(16(3,4)5)13(2)12-15-17-10-11-18-15/h6-8,12,15H,10-11H2,1-5H3/b7-6+,13-12-. The lowest BCUT2D eigenvalue weighted by Crippen LogP contribution is -2.12. The minimum Gasteiger partial charge on any atom is -0.347 e. The molecule has 1 aliphatic heterocycles. The normalized spacial score (nSPS) is 18.2. The number of ether oxygens (including phenoxy) is 2. The minimum absolute atomic E-state index is 0.0528. The van der Waals surface area contributed by atoms with Gasteiger partial charge in [-0.25, -0.2) is 0 Å². The van der Waals surface area contributed by atoms with Gasteiger partial charge in [0.2, 0.25) is 0 Å². The van der Waals surface area contributed by atoms with E-state index >= 15 is 0 Å². The Morgan fingerprint density at radius 1 is 1.22 bits per heavy atom. The maximum atomic E-state index is 5.45. The van der Waals surface area contributed by atoms with E-state index < -0.39 is 0 Å². The second-order valence-corrected chi connectivity index (χ2v) is 5.42. The van der Waals surface area contributed by atoms with Crippen LogP contribution in [0.5, 0.6) is 0 Å². The lowest BCUT2D eigenvalue weighted by molar-refractivity contribution is -0.00209. The van der Waals surface area contributed by atoms with Gasteiger partial charge < -0.3 is 9.47 Å². The van der Waals surface area contributed by atoms with Crippen LogP contribution in [-0.2, 0) is 9.47 Å². The van der Waals surface area contributed by atoms with Crippen LogP contribution >= 0.6 is 0 Å². The van der Waals surface area contributed by atoms with Crippen LogP contribution in [0.25, 0.3) is 0 Å². The first-order chi connectivity index (χ1) is 8.45. The van der Waals surface area contributed by atoms with E-state index in [9.17, 15) is 0 Å². The summed E-state index contributed by atoms with van der Waals surface area (Å²) < 4.78 is 10.9. The Bertz CT molecular complexity index is 382. The lowest BCUT2D eigenvalue weighted by Gasteiger charge is -2.22. The van der Waals surface area contributed by atoms with Crippen molar-refractivity contribution in [1.82, 2.24) is 0 Å². The van der Waals surface area contributed by atoms with E-state index in [0.29, 0.717) is 13.2 Å². The summed E-state index contributed by atoms with van der Waals surface area (Å²) in [5, 5.41) is 0. The van der Waals surface area contributed by atoms with Gasteiger partial charge in [0.25, 0.3) is 0 Å². The van der Waals surface area contributed by atoms with Crippen LogP contribution in [0.15, 0.2) is 41.2 Å². The molecule has 100 valence electrons. The highest BCUT2D eigenvalue weighted by Crippen LogP contribution is 2.30. The van der Waals surface area contributed by atoms with E-state index in [-0.39, 0.29) is 11.7 Å². The molecule has 0 aromatic carbocycles. The van der Waals surface area contributed by atoms with Crippen molar-refractivity contribution in [2.45, 2.75) is 40.9 Å². The Labute approximate surface area is 111 Å². The molecule has 1 saturated heterocycles. The van der Waals surface area contributed by atoms with Gasteiger partial charge in [-0.15, -0.1) is 5.73 Å². The maximum Gasteiger partial charge on any atom is 0.177 e. The molecular weight excluding hydrogens is 224 g/mol. The fourth-order valence-electron chi connectivity index (χ4n) is 1.91. The highest BCUT2D eigenvalue weighted by Gasteiger charge is 2.20. The first kappa shape index (κ1) is 15.0. The molecular formula is C16H24O2. The molecule has 0 spiro atoms. The second kappa shape index (κ2) is 6.75. The number of hydrogen-bond acceptors (Lipinski definition) is 2. The molecule has 1 rings (SSSR count). The van der Waals surface area contributed by atoms with Crippen LogP contribution in [0.3, 0.4) is 0 Å². The molecule has 0 amide bonds. The predicted molar refractivity (Wildman–Crippen MR) is 75.3 cm³/mol. The lowest BCUT2D eigenvalue weighted by atomic mass is 9.82. The zero-order valence-electron chi connectivity index (χ0n) is 12.1. The van der Waals surface area contributed by atoms with Gasteiger partial charge in [-0.3, -0.25) is 0 Å². The third-order valence-electron chi connectivity index (χ3n) is 2.69. The van der Waals surface area contributed by atoms with Crippen LogP contribution < -0.4 is 0 Å². The van der Waals surface area contributed by atoms with Gasteiger partial charge in [0.1, 0.15) is 0 Å². The van der Waals surface area contributed by atoms with Crippen molar-refractivity contribution in [3.8, 4) is 0 Å².